The van der Waals surface area contributed by atoms with Crippen LogP contribution in [0.4, 0.5) is 17.6 Å². The molecule has 1 heterocycles. The molecular weight excluding hydrogens is 502 g/mol. The van der Waals surface area contributed by atoms with Crippen LogP contribution in [0.3, 0.4) is 0 Å². The van der Waals surface area contributed by atoms with Crippen LogP contribution >= 0.6 is 11.6 Å². The molecule has 1 amide bonds. The number of carbonyl (C=O) groups is 1. The SMILES string of the molecule is CNC(=O)[C@H](N[C@@H](CCc1ccc(Cl)cn1)c1ccc(OC(F)F)c(OC(F)F)c1)c1ccccc1. The largest absolute Gasteiger partial charge is 0.431 e. The first-order valence-corrected chi connectivity index (χ1v) is 11.3. The molecule has 0 aliphatic carbocycles. The molecule has 3 aromatic rings. The molecule has 0 aliphatic heterocycles. The second-order valence-electron chi connectivity index (χ2n) is 7.65. The van der Waals surface area contributed by atoms with Crippen molar-refractivity contribution in [1.29, 1.82) is 0 Å². The van der Waals surface area contributed by atoms with E-state index in [1.54, 1.807) is 36.4 Å². The van der Waals surface area contributed by atoms with Crippen LogP contribution in [0.15, 0.2) is 66.9 Å². The number of aryl methyl sites for hydroxylation is 1. The van der Waals surface area contributed by atoms with Crippen molar-refractivity contribution in [3.05, 3.63) is 88.7 Å². The van der Waals surface area contributed by atoms with Gasteiger partial charge in [-0.1, -0.05) is 48.0 Å². The topological polar surface area (TPSA) is 72.5 Å². The number of likely N-dealkylation sites (N-methyl/N-ethyl adjacent to an activating group) is 1. The third-order valence-corrected chi connectivity index (χ3v) is 5.51. The van der Waals surface area contributed by atoms with E-state index in [4.69, 9.17) is 11.6 Å². The normalized spacial score (nSPS) is 12.9. The highest BCUT2D eigenvalue weighted by molar-refractivity contribution is 6.30. The van der Waals surface area contributed by atoms with Crippen LogP contribution in [0.1, 0.15) is 35.3 Å². The van der Waals surface area contributed by atoms with Gasteiger partial charge in [-0.25, -0.2) is 0 Å². The Morgan fingerprint density at radius 2 is 1.64 bits per heavy atom. The van der Waals surface area contributed by atoms with E-state index in [1.165, 1.54) is 25.4 Å². The van der Waals surface area contributed by atoms with Crippen LogP contribution in [0.5, 0.6) is 11.5 Å². The van der Waals surface area contributed by atoms with Gasteiger partial charge in [0.15, 0.2) is 11.5 Å². The molecule has 0 unspecified atom stereocenters. The van der Waals surface area contributed by atoms with E-state index in [2.05, 4.69) is 25.1 Å². The molecule has 0 saturated carbocycles. The zero-order valence-electron chi connectivity index (χ0n) is 19.1. The molecule has 2 aromatic carbocycles. The fourth-order valence-corrected chi connectivity index (χ4v) is 3.74. The van der Waals surface area contributed by atoms with E-state index in [1.807, 2.05) is 6.07 Å². The summed E-state index contributed by atoms with van der Waals surface area (Å²) < 4.78 is 60.3. The number of nitrogens with zero attached hydrogens (tertiary/aromatic N) is 1. The minimum Gasteiger partial charge on any atom is -0.431 e. The van der Waals surface area contributed by atoms with Gasteiger partial charge in [0.05, 0.1) is 5.02 Å². The van der Waals surface area contributed by atoms with Gasteiger partial charge in [-0.3, -0.25) is 15.1 Å². The molecule has 1 aromatic heterocycles. The lowest BCUT2D eigenvalue weighted by Crippen LogP contribution is -2.38. The lowest BCUT2D eigenvalue weighted by atomic mass is 9.97. The molecule has 0 saturated heterocycles. The third-order valence-electron chi connectivity index (χ3n) is 5.29. The Kier molecular flexibility index (Phi) is 9.89. The highest BCUT2D eigenvalue weighted by atomic mass is 35.5. The number of hydrogen-bond acceptors (Lipinski definition) is 5. The van der Waals surface area contributed by atoms with Crippen LogP contribution in [0.25, 0.3) is 0 Å². The van der Waals surface area contributed by atoms with Gasteiger partial charge in [-0.05, 0) is 48.2 Å². The number of rotatable bonds is 12. The van der Waals surface area contributed by atoms with Crippen LogP contribution in [-0.2, 0) is 11.2 Å². The van der Waals surface area contributed by atoms with Gasteiger partial charge in [0.1, 0.15) is 6.04 Å². The molecule has 3 rings (SSSR count). The molecular formula is C25H24ClF4N3O3. The lowest BCUT2D eigenvalue weighted by Gasteiger charge is -2.26. The maximum absolute atomic E-state index is 13.0. The quantitative estimate of drug-likeness (QED) is 0.297. The maximum atomic E-state index is 13.0. The number of alkyl halides is 4. The lowest BCUT2D eigenvalue weighted by molar-refractivity contribution is -0.123. The first kappa shape index (κ1) is 27.2. The Morgan fingerprint density at radius 3 is 2.25 bits per heavy atom. The number of benzene rings is 2. The number of nitrogens with one attached hydrogen (secondary N) is 2. The van der Waals surface area contributed by atoms with Crippen molar-refractivity contribution in [2.75, 3.05) is 7.05 Å². The standard InChI is InChI=1S/C25H24ClF4N3O3/c1-31-23(34)22(15-5-3-2-4-6-15)33-19(11-10-18-9-8-17(26)14-32-18)16-7-12-20(35-24(27)28)21(13-16)36-25(29)30/h2-9,12-14,19,22,24-25,33H,10-11H2,1H3,(H,31,34)/t19-,22+/m0/s1. The number of amides is 1. The van der Waals surface area contributed by atoms with Crippen molar-refractivity contribution in [1.82, 2.24) is 15.6 Å². The molecule has 6 nitrogen and oxygen atoms in total. The van der Waals surface area contributed by atoms with Gasteiger partial charge in [0, 0.05) is 25.0 Å². The zero-order chi connectivity index (χ0) is 26.1. The summed E-state index contributed by atoms with van der Waals surface area (Å²) in [6, 6.07) is 14.8. The second kappa shape index (κ2) is 13.1. The summed E-state index contributed by atoms with van der Waals surface area (Å²) in [7, 11) is 1.50. The number of pyridine rings is 1. The van der Waals surface area contributed by atoms with E-state index in [9.17, 15) is 22.4 Å². The Labute approximate surface area is 210 Å². The Hall–Kier alpha value is -3.37. The second-order valence-corrected chi connectivity index (χ2v) is 8.08. The van der Waals surface area contributed by atoms with Crippen LogP contribution in [0.2, 0.25) is 5.02 Å². The fourth-order valence-electron chi connectivity index (χ4n) is 3.63. The van der Waals surface area contributed by atoms with Gasteiger partial charge in [0.25, 0.3) is 0 Å². The zero-order valence-corrected chi connectivity index (χ0v) is 19.9. The van der Waals surface area contributed by atoms with E-state index in [-0.39, 0.29) is 5.91 Å². The smallest absolute Gasteiger partial charge is 0.387 e. The molecule has 11 heteroatoms. The summed E-state index contributed by atoms with van der Waals surface area (Å²) in [6.45, 7) is -6.48. The van der Waals surface area contributed by atoms with Crippen LogP contribution < -0.4 is 20.1 Å². The molecule has 0 fully saturated rings. The van der Waals surface area contributed by atoms with E-state index in [0.717, 1.165) is 6.07 Å². The number of carbonyl (C=O) groups excluding carboxylic acids is 1. The van der Waals surface area contributed by atoms with Gasteiger partial charge >= 0.3 is 13.2 Å². The van der Waals surface area contributed by atoms with Crippen LogP contribution in [-0.4, -0.2) is 31.2 Å². The average molecular weight is 526 g/mol. The molecule has 0 aliphatic rings. The van der Waals surface area contributed by atoms with E-state index in [0.29, 0.717) is 34.7 Å². The first-order valence-electron chi connectivity index (χ1n) is 10.9. The molecule has 36 heavy (non-hydrogen) atoms. The monoisotopic (exact) mass is 525 g/mol. The fraction of sp³-hybridized carbons (Fsp3) is 0.280. The number of aromatic nitrogens is 1. The predicted molar refractivity (Wildman–Crippen MR) is 126 cm³/mol. The van der Waals surface area contributed by atoms with Crippen molar-refractivity contribution in [3.8, 4) is 11.5 Å². The Balaban J connectivity index is 1.97. The summed E-state index contributed by atoms with van der Waals surface area (Å²) in [5.41, 5.74) is 1.81. The Bertz CT molecular complexity index is 1120. The molecule has 0 radical (unpaired) electrons. The van der Waals surface area contributed by atoms with Gasteiger partial charge in [-0.15, -0.1) is 0 Å². The number of halogens is 5. The van der Waals surface area contributed by atoms with Crippen molar-refractivity contribution < 1.29 is 31.8 Å². The van der Waals surface area contributed by atoms with Gasteiger partial charge in [-0.2, -0.15) is 17.6 Å². The van der Waals surface area contributed by atoms with Crippen LogP contribution in [0, 0.1) is 0 Å². The van der Waals surface area contributed by atoms with Gasteiger partial charge < -0.3 is 14.8 Å². The summed E-state index contributed by atoms with van der Waals surface area (Å²) in [5.74, 6) is -1.40. The first-order chi connectivity index (χ1) is 17.3. The summed E-state index contributed by atoms with van der Waals surface area (Å²) in [4.78, 5) is 17.0. The Morgan fingerprint density at radius 1 is 0.944 bits per heavy atom. The third kappa shape index (κ3) is 7.82. The van der Waals surface area contributed by atoms with E-state index >= 15 is 0 Å². The maximum Gasteiger partial charge on any atom is 0.387 e. The predicted octanol–water partition coefficient (Wildman–Crippen LogP) is 5.69. The number of ether oxygens (including phenoxy) is 2. The molecule has 2 N–H and O–H groups in total. The molecule has 2 atom stereocenters. The minimum absolute atomic E-state index is 0.322. The van der Waals surface area contributed by atoms with E-state index < -0.39 is 36.8 Å². The van der Waals surface area contributed by atoms with Crippen molar-refractivity contribution in [3.63, 3.8) is 0 Å². The molecule has 192 valence electrons. The molecule has 0 spiro atoms. The summed E-state index contributed by atoms with van der Waals surface area (Å²) in [6.07, 6.45) is 2.31. The van der Waals surface area contributed by atoms with Gasteiger partial charge in [0.2, 0.25) is 5.91 Å². The highest BCUT2D eigenvalue weighted by Gasteiger charge is 2.26. The minimum atomic E-state index is -3.26. The molecule has 0 bridgehead atoms. The van der Waals surface area contributed by atoms with Crippen molar-refractivity contribution in [2.24, 2.45) is 0 Å². The summed E-state index contributed by atoms with van der Waals surface area (Å²) >= 11 is 5.91. The number of hydrogen-bond donors (Lipinski definition) is 2. The summed E-state index contributed by atoms with van der Waals surface area (Å²) in [5, 5.41) is 6.35. The highest BCUT2D eigenvalue weighted by Crippen LogP contribution is 2.35. The average Bonchev–Trinajstić information content (AvgIpc) is 2.86. The van der Waals surface area contributed by atoms with Crippen molar-refractivity contribution in [2.45, 2.75) is 38.1 Å². The van der Waals surface area contributed by atoms with Crippen molar-refractivity contribution >= 4 is 17.5 Å².